The van der Waals surface area contributed by atoms with Gasteiger partial charge in [0, 0.05) is 96.0 Å². The summed E-state index contributed by atoms with van der Waals surface area (Å²) in [5, 5.41) is 2.03. The zero-order valence-corrected chi connectivity index (χ0v) is 46.4. The normalized spacial score (nSPS) is 12.5. The molecule has 1 aliphatic rings. The number of halogens is 4. The first-order valence-corrected chi connectivity index (χ1v) is 25.8. The van der Waals surface area contributed by atoms with Crippen molar-refractivity contribution < 1.29 is 43.4 Å². The molecule has 0 unspecified atom stereocenters. The Bertz CT molecular complexity index is 3940. The molecule has 6 nitrogen and oxygen atoms in total. The van der Waals surface area contributed by atoms with E-state index in [1.54, 1.807) is 0 Å². The van der Waals surface area contributed by atoms with E-state index in [1.807, 2.05) is 171 Å². The van der Waals surface area contributed by atoms with Crippen LogP contribution in [0.5, 0.6) is 11.5 Å². The number of hydrogen-bond donors (Lipinski definition) is 0. The Balaban J connectivity index is 0.00000660. The molecule has 0 aliphatic carbocycles. The fourth-order valence-corrected chi connectivity index (χ4v) is 10.4. The SMILES string of the molecule is CC(C)(C)c1ccnc(-n2c3[c-]c(Oc4[c-]c(N5[CH-]N(c6c(-c7cc(F)cc(F)c7)cc(C(C)(C)C)cc6-c6cc(F)cc(F)c6)c6ccccc65)cc(N(c5ccccc5)c5ccccc5)c4)ccc3c3ccccc32)c1.[Pt]. The van der Waals surface area contributed by atoms with Crippen LogP contribution in [0.3, 0.4) is 0 Å². The molecule has 0 spiro atoms. The second-order valence-electron chi connectivity index (χ2n) is 21.6. The van der Waals surface area contributed by atoms with Gasteiger partial charge in [-0.05, 0) is 129 Å². The van der Waals surface area contributed by atoms with Crippen molar-refractivity contribution in [3.05, 3.63) is 254 Å². The topological polar surface area (TPSA) is 36.8 Å². The smallest absolute Gasteiger partial charge is 0.135 e. The quantitative estimate of drug-likeness (QED) is 0.101. The number of aromatic nitrogens is 2. The monoisotopic (exact) mass is 1230 g/mol. The molecule has 0 bridgehead atoms. The summed E-state index contributed by atoms with van der Waals surface area (Å²) in [5.41, 5.74) is 9.37. The molecule has 0 N–H and O–H groups in total. The molecule has 0 fully saturated rings. The van der Waals surface area contributed by atoms with Crippen LogP contribution >= 0.6 is 0 Å². The van der Waals surface area contributed by atoms with E-state index >= 15 is 17.6 Å². The third-order valence-corrected chi connectivity index (χ3v) is 14.2. The zero-order valence-electron chi connectivity index (χ0n) is 44.1. The van der Waals surface area contributed by atoms with Gasteiger partial charge >= 0.3 is 0 Å². The molecule has 12 rings (SSSR count). The Morgan fingerprint density at radius 3 is 1.62 bits per heavy atom. The van der Waals surface area contributed by atoms with Crippen LogP contribution in [-0.2, 0) is 31.9 Å². The molecule has 0 atom stereocenters. The maximum atomic E-state index is 15.4. The van der Waals surface area contributed by atoms with Crippen LogP contribution in [0.4, 0.5) is 57.4 Å². The Morgan fingerprint density at radius 2 is 1.04 bits per heavy atom. The Morgan fingerprint density at radius 1 is 0.494 bits per heavy atom. The third-order valence-electron chi connectivity index (χ3n) is 14.2. The molecular weight excluding hydrogens is 1170 g/mol. The number of benzene rings is 9. The summed E-state index contributed by atoms with van der Waals surface area (Å²) >= 11 is 0. The molecule has 2 aromatic heterocycles. The molecule has 396 valence electrons. The molecule has 1 aliphatic heterocycles. The summed E-state index contributed by atoms with van der Waals surface area (Å²) < 4.78 is 70.8. The van der Waals surface area contributed by atoms with E-state index in [0.717, 1.165) is 73.6 Å². The van der Waals surface area contributed by atoms with Gasteiger partial charge in [-0.2, -0.15) is 6.07 Å². The minimum Gasteiger partial charge on any atom is -0.509 e. The van der Waals surface area contributed by atoms with Gasteiger partial charge in [-0.3, -0.25) is 0 Å². The summed E-state index contributed by atoms with van der Waals surface area (Å²) in [6.07, 6.45) is 1.85. The van der Waals surface area contributed by atoms with Crippen molar-refractivity contribution in [2.45, 2.75) is 52.4 Å². The summed E-state index contributed by atoms with van der Waals surface area (Å²) in [5.74, 6) is -1.51. The molecule has 79 heavy (non-hydrogen) atoms. The second kappa shape index (κ2) is 20.7. The van der Waals surface area contributed by atoms with Crippen LogP contribution in [-0.4, -0.2) is 9.55 Å². The van der Waals surface area contributed by atoms with Gasteiger partial charge in [-0.15, -0.1) is 42.4 Å². The number of fused-ring (bicyclic) bond motifs is 4. The summed E-state index contributed by atoms with van der Waals surface area (Å²) in [6, 6.07) is 66.0. The standard InChI is InChI=1S/C68H52F4N5O.Pt/c1-67(2,3)45-27-28-73-65(35-45)77-61-22-14-13-21-57(61)58-26-25-55(41-64(58)77)78-56-39-53(38-54(40-56)76(51-17-9-7-10-18-51)52-19-11-8-12-20-52)74-42-75(63-24-16-15-23-62(63)74)66-59(43-29-47(69)36-48(70)30-43)33-46(68(4,5)6)34-60(66)44-31-49(71)37-50(72)32-44;/h7-38,40,42H,1-6H3;/q-3;. The van der Waals surface area contributed by atoms with Gasteiger partial charge in [0.15, 0.2) is 0 Å². The van der Waals surface area contributed by atoms with Gasteiger partial charge in [0.25, 0.3) is 0 Å². The predicted molar refractivity (Wildman–Crippen MR) is 307 cm³/mol. The maximum absolute atomic E-state index is 15.4. The molecule has 11 aromatic rings. The van der Waals surface area contributed by atoms with Crippen molar-refractivity contribution in [3.63, 3.8) is 0 Å². The van der Waals surface area contributed by atoms with Gasteiger partial charge < -0.3 is 24.0 Å². The molecule has 11 heteroatoms. The first kappa shape index (κ1) is 52.6. The second-order valence-corrected chi connectivity index (χ2v) is 21.6. The van der Waals surface area contributed by atoms with Gasteiger partial charge in [0.1, 0.15) is 29.1 Å². The van der Waals surface area contributed by atoms with E-state index in [-0.39, 0.29) is 37.6 Å². The minimum absolute atomic E-state index is 0. The first-order chi connectivity index (χ1) is 37.5. The van der Waals surface area contributed by atoms with Crippen LogP contribution in [0.15, 0.2) is 200 Å². The fourth-order valence-electron chi connectivity index (χ4n) is 10.4. The number of anilines is 7. The van der Waals surface area contributed by atoms with Crippen LogP contribution < -0.4 is 19.4 Å². The molecule has 3 heterocycles. The number of rotatable bonds is 10. The first-order valence-electron chi connectivity index (χ1n) is 25.8. The third kappa shape index (κ3) is 10.2. The average molecular weight is 1230 g/mol. The Labute approximate surface area is 472 Å². The fraction of sp³-hybridized carbons (Fsp3) is 0.118. The van der Waals surface area contributed by atoms with Crippen molar-refractivity contribution >= 4 is 61.6 Å². The van der Waals surface area contributed by atoms with Gasteiger partial charge in [-0.1, -0.05) is 125 Å². The number of hydrogen-bond acceptors (Lipinski definition) is 5. The summed E-state index contributed by atoms with van der Waals surface area (Å²) in [6.45, 7) is 14.5. The molecule has 0 saturated heterocycles. The zero-order chi connectivity index (χ0) is 54.0. The van der Waals surface area contributed by atoms with Crippen LogP contribution in [0.1, 0.15) is 52.7 Å². The molecule has 0 saturated carbocycles. The Hall–Kier alpha value is -8.46. The van der Waals surface area contributed by atoms with Gasteiger partial charge in [0.2, 0.25) is 0 Å². The molecule has 0 amide bonds. The number of pyridine rings is 1. The maximum Gasteiger partial charge on any atom is 0.135 e. The number of nitrogens with zero attached hydrogens (tertiary/aromatic N) is 5. The van der Waals surface area contributed by atoms with E-state index < -0.39 is 28.7 Å². The van der Waals surface area contributed by atoms with Crippen molar-refractivity contribution in [2.75, 3.05) is 14.7 Å². The van der Waals surface area contributed by atoms with Gasteiger partial charge in [0.05, 0.1) is 0 Å². The van der Waals surface area contributed by atoms with Crippen molar-refractivity contribution in [1.29, 1.82) is 0 Å². The Kier molecular flexibility index (Phi) is 13.8. The van der Waals surface area contributed by atoms with Crippen molar-refractivity contribution in [1.82, 2.24) is 9.55 Å². The van der Waals surface area contributed by atoms with Crippen LogP contribution in [0, 0.1) is 42.1 Å². The largest absolute Gasteiger partial charge is 0.509 e. The van der Waals surface area contributed by atoms with Crippen molar-refractivity contribution in [2.24, 2.45) is 0 Å². The van der Waals surface area contributed by atoms with E-state index in [9.17, 15) is 0 Å². The van der Waals surface area contributed by atoms with E-state index in [4.69, 9.17) is 9.72 Å². The van der Waals surface area contributed by atoms with E-state index in [2.05, 4.69) is 72.7 Å². The van der Waals surface area contributed by atoms with Crippen LogP contribution in [0.2, 0.25) is 0 Å². The molecule has 9 aromatic carbocycles. The number of ether oxygens (including phenoxy) is 1. The summed E-state index contributed by atoms with van der Waals surface area (Å²) in [4.78, 5) is 10.9. The van der Waals surface area contributed by atoms with E-state index in [0.29, 0.717) is 39.7 Å². The minimum atomic E-state index is -0.771. The number of para-hydroxylation sites is 5. The molecular formula is C68H52F4N5OPt-3. The van der Waals surface area contributed by atoms with E-state index in [1.165, 1.54) is 24.3 Å². The average Bonchev–Trinajstić information content (AvgIpc) is 4.23. The van der Waals surface area contributed by atoms with Crippen LogP contribution in [0.25, 0.3) is 49.9 Å². The summed E-state index contributed by atoms with van der Waals surface area (Å²) in [7, 11) is 0. The predicted octanol–water partition coefficient (Wildman–Crippen LogP) is 18.9. The van der Waals surface area contributed by atoms with Gasteiger partial charge in [-0.25, -0.2) is 22.5 Å². The van der Waals surface area contributed by atoms with Crippen molar-refractivity contribution in [3.8, 4) is 39.6 Å². The molecule has 0 radical (unpaired) electrons.